The average Bonchev–Trinajstić information content (AvgIpc) is 2.64. The van der Waals surface area contributed by atoms with Gasteiger partial charge in [0.05, 0.1) is 0 Å². The van der Waals surface area contributed by atoms with E-state index in [4.69, 9.17) is 4.74 Å². The Morgan fingerprint density at radius 1 is 1.67 bits per heavy atom. The highest BCUT2D eigenvalue weighted by atomic mass is 16.6. The van der Waals surface area contributed by atoms with Crippen LogP contribution in [-0.4, -0.2) is 6.10 Å². The molecule has 1 unspecified atom stereocenters. The van der Waals surface area contributed by atoms with Crippen LogP contribution in [0.5, 0.6) is 0 Å². The SMILES string of the molecule is C=CC1=C2OC2CCC1. The fourth-order valence-corrected chi connectivity index (χ4v) is 1.40. The lowest BCUT2D eigenvalue weighted by atomic mass is 10.0. The number of allylic oxidation sites excluding steroid dienone is 2. The molecule has 1 nitrogen and oxygen atoms in total. The molecule has 1 heterocycles. The topological polar surface area (TPSA) is 12.5 Å². The summed E-state index contributed by atoms with van der Waals surface area (Å²) in [5.74, 6) is 1.22. The van der Waals surface area contributed by atoms with Gasteiger partial charge in [0.1, 0.15) is 5.76 Å². The Hall–Kier alpha value is -0.720. The van der Waals surface area contributed by atoms with Crippen LogP contribution in [0.25, 0.3) is 0 Å². The summed E-state index contributed by atoms with van der Waals surface area (Å²) >= 11 is 0. The number of ether oxygens (including phenoxy) is 1. The summed E-state index contributed by atoms with van der Waals surface area (Å²) in [7, 11) is 0. The Labute approximate surface area is 55.0 Å². The third-order valence-electron chi connectivity index (χ3n) is 1.98. The Morgan fingerprint density at radius 2 is 2.56 bits per heavy atom. The molecule has 0 N–H and O–H groups in total. The summed E-state index contributed by atoms with van der Waals surface area (Å²) in [6.45, 7) is 3.72. The van der Waals surface area contributed by atoms with Gasteiger partial charge < -0.3 is 4.74 Å². The van der Waals surface area contributed by atoms with Gasteiger partial charge in [-0.15, -0.1) is 0 Å². The fourth-order valence-electron chi connectivity index (χ4n) is 1.40. The van der Waals surface area contributed by atoms with E-state index in [0.717, 1.165) is 0 Å². The molecule has 0 bridgehead atoms. The van der Waals surface area contributed by atoms with E-state index in [2.05, 4.69) is 6.58 Å². The first-order valence-electron chi connectivity index (χ1n) is 3.44. The summed E-state index contributed by atoms with van der Waals surface area (Å²) in [6.07, 6.45) is 6.10. The van der Waals surface area contributed by atoms with E-state index in [1.807, 2.05) is 6.08 Å². The molecule has 1 aliphatic heterocycles. The van der Waals surface area contributed by atoms with Crippen LogP contribution in [0.2, 0.25) is 0 Å². The molecular formula is C8H10O. The molecule has 1 atom stereocenters. The van der Waals surface area contributed by atoms with E-state index in [-0.39, 0.29) is 0 Å². The molecule has 1 saturated heterocycles. The Bertz CT molecular complexity index is 179. The molecule has 0 saturated carbocycles. The van der Waals surface area contributed by atoms with E-state index in [9.17, 15) is 0 Å². The highest BCUT2D eigenvalue weighted by Gasteiger charge is 2.37. The van der Waals surface area contributed by atoms with Gasteiger partial charge in [-0.2, -0.15) is 0 Å². The molecular weight excluding hydrogens is 112 g/mol. The summed E-state index contributed by atoms with van der Waals surface area (Å²) in [5.41, 5.74) is 1.34. The van der Waals surface area contributed by atoms with Crippen molar-refractivity contribution in [2.24, 2.45) is 0 Å². The van der Waals surface area contributed by atoms with Crippen molar-refractivity contribution >= 4 is 0 Å². The van der Waals surface area contributed by atoms with Crippen molar-refractivity contribution in [2.75, 3.05) is 0 Å². The zero-order valence-corrected chi connectivity index (χ0v) is 5.39. The molecule has 0 radical (unpaired) electrons. The standard InChI is InChI=1S/C8H10O/c1-2-6-4-3-5-7-8(6)9-7/h2,7H,1,3-5H2. The molecule has 0 aromatic carbocycles. The molecule has 2 aliphatic rings. The number of rotatable bonds is 1. The zero-order valence-electron chi connectivity index (χ0n) is 5.39. The Kier molecular flexibility index (Phi) is 0.922. The van der Waals surface area contributed by atoms with Crippen LogP contribution in [0.3, 0.4) is 0 Å². The smallest absolute Gasteiger partial charge is 0.155 e. The van der Waals surface area contributed by atoms with Crippen molar-refractivity contribution in [3.63, 3.8) is 0 Å². The molecule has 2 rings (SSSR count). The lowest BCUT2D eigenvalue weighted by molar-refractivity contribution is 0.414. The van der Waals surface area contributed by atoms with Crippen LogP contribution in [0.4, 0.5) is 0 Å². The predicted octanol–water partition coefficient (Wildman–Crippen LogP) is 2.01. The Balaban J connectivity index is 2.26. The summed E-state index contributed by atoms with van der Waals surface area (Å²) in [5, 5.41) is 0. The van der Waals surface area contributed by atoms with Gasteiger partial charge >= 0.3 is 0 Å². The van der Waals surface area contributed by atoms with E-state index in [1.54, 1.807) is 0 Å². The first kappa shape index (κ1) is 5.10. The summed E-state index contributed by atoms with van der Waals surface area (Å²) in [4.78, 5) is 0. The van der Waals surface area contributed by atoms with Crippen LogP contribution in [0.1, 0.15) is 19.3 Å². The molecule has 0 aromatic heterocycles. The van der Waals surface area contributed by atoms with Crippen molar-refractivity contribution in [1.82, 2.24) is 0 Å². The second-order valence-electron chi connectivity index (χ2n) is 2.59. The average molecular weight is 122 g/mol. The van der Waals surface area contributed by atoms with Crippen molar-refractivity contribution in [1.29, 1.82) is 0 Å². The monoisotopic (exact) mass is 122 g/mol. The maximum absolute atomic E-state index is 5.29. The van der Waals surface area contributed by atoms with Crippen LogP contribution < -0.4 is 0 Å². The number of fused-ring (bicyclic) bond motifs is 1. The molecule has 48 valence electrons. The third kappa shape index (κ3) is 0.680. The highest BCUT2D eigenvalue weighted by Crippen LogP contribution is 2.40. The second kappa shape index (κ2) is 1.63. The van der Waals surface area contributed by atoms with Gasteiger partial charge in [-0.1, -0.05) is 12.7 Å². The Morgan fingerprint density at radius 3 is 3.22 bits per heavy atom. The van der Waals surface area contributed by atoms with E-state index >= 15 is 0 Å². The van der Waals surface area contributed by atoms with Crippen molar-refractivity contribution in [2.45, 2.75) is 25.4 Å². The van der Waals surface area contributed by atoms with Crippen LogP contribution >= 0.6 is 0 Å². The summed E-state index contributed by atoms with van der Waals surface area (Å²) in [6, 6.07) is 0. The first-order chi connectivity index (χ1) is 4.42. The maximum atomic E-state index is 5.29. The van der Waals surface area contributed by atoms with Gasteiger partial charge in [0.2, 0.25) is 0 Å². The first-order valence-corrected chi connectivity index (χ1v) is 3.44. The van der Waals surface area contributed by atoms with E-state index < -0.39 is 0 Å². The van der Waals surface area contributed by atoms with Gasteiger partial charge in [0, 0.05) is 0 Å². The normalized spacial score (nSPS) is 30.9. The lowest BCUT2D eigenvalue weighted by Crippen LogP contribution is -1.92. The maximum Gasteiger partial charge on any atom is 0.155 e. The van der Waals surface area contributed by atoms with Crippen molar-refractivity contribution < 1.29 is 4.74 Å². The second-order valence-corrected chi connectivity index (χ2v) is 2.59. The van der Waals surface area contributed by atoms with Crippen LogP contribution in [-0.2, 0) is 4.74 Å². The minimum atomic E-state index is 0.492. The molecule has 0 amide bonds. The lowest BCUT2D eigenvalue weighted by Gasteiger charge is -2.00. The van der Waals surface area contributed by atoms with Crippen molar-refractivity contribution in [3.8, 4) is 0 Å². The molecule has 1 heteroatoms. The van der Waals surface area contributed by atoms with Crippen LogP contribution in [0.15, 0.2) is 24.0 Å². The minimum absolute atomic E-state index is 0.492. The van der Waals surface area contributed by atoms with E-state index in [0.29, 0.717) is 6.10 Å². The third-order valence-corrected chi connectivity index (χ3v) is 1.98. The molecule has 1 aliphatic carbocycles. The van der Waals surface area contributed by atoms with Gasteiger partial charge in [-0.3, -0.25) is 0 Å². The predicted molar refractivity (Wildman–Crippen MR) is 35.9 cm³/mol. The van der Waals surface area contributed by atoms with Gasteiger partial charge in [-0.05, 0) is 24.8 Å². The van der Waals surface area contributed by atoms with Crippen LogP contribution in [0, 0.1) is 0 Å². The fraction of sp³-hybridized carbons (Fsp3) is 0.500. The van der Waals surface area contributed by atoms with Gasteiger partial charge in [0.15, 0.2) is 6.10 Å². The number of epoxide rings is 1. The van der Waals surface area contributed by atoms with Gasteiger partial charge in [-0.25, -0.2) is 0 Å². The molecule has 9 heavy (non-hydrogen) atoms. The summed E-state index contributed by atoms with van der Waals surface area (Å²) < 4.78 is 5.29. The molecule has 0 spiro atoms. The zero-order chi connectivity index (χ0) is 6.27. The highest BCUT2D eigenvalue weighted by molar-refractivity contribution is 5.32. The van der Waals surface area contributed by atoms with Crippen molar-refractivity contribution in [3.05, 3.63) is 24.0 Å². The largest absolute Gasteiger partial charge is 0.483 e. The van der Waals surface area contributed by atoms with Gasteiger partial charge in [0.25, 0.3) is 0 Å². The minimum Gasteiger partial charge on any atom is -0.483 e. The quantitative estimate of drug-likeness (QED) is 0.485. The number of hydrogen-bond donors (Lipinski definition) is 0. The number of hydrogen-bond acceptors (Lipinski definition) is 1. The van der Waals surface area contributed by atoms with E-state index in [1.165, 1.54) is 30.6 Å². The molecule has 0 aromatic rings. The molecule has 1 fully saturated rings.